The Morgan fingerprint density at radius 3 is 2.46 bits per heavy atom. The largest absolute Gasteiger partial charge is 0.406 e. The van der Waals surface area contributed by atoms with Gasteiger partial charge >= 0.3 is 6.18 Å². The molecule has 0 spiro atoms. The molecule has 0 saturated carbocycles. The Bertz CT molecular complexity index is 1370. The molecule has 194 valence electrons. The van der Waals surface area contributed by atoms with E-state index in [1.54, 1.807) is 30.3 Å². The van der Waals surface area contributed by atoms with Crippen molar-refractivity contribution in [1.29, 1.82) is 5.26 Å². The molecule has 2 aliphatic rings. The second kappa shape index (κ2) is 9.26. The van der Waals surface area contributed by atoms with E-state index in [2.05, 4.69) is 15.2 Å². The molecule has 1 fully saturated rings. The lowest BCUT2D eigenvalue weighted by molar-refractivity contribution is -0.224. The van der Waals surface area contributed by atoms with Gasteiger partial charge in [-0.3, -0.25) is 9.47 Å². The lowest BCUT2D eigenvalue weighted by Crippen LogP contribution is -2.53. The summed E-state index contributed by atoms with van der Waals surface area (Å²) in [6.07, 6.45) is -3.09. The second-order valence-electron chi connectivity index (χ2n) is 9.87. The van der Waals surface area contributed by atoms with Gasteiger partial charge in [-0.25, -0.2) is 9.37 Å². The van der Waals surface area contributed by atoms with Gasteiger partial charge in [0.1, 0.15) is 23.3 Å². The number of fused-ring (bicyclic) bond motifs is 3. The van der Waals surface area contributed by atoms with Crippen LogP contribution in [0.15, 0.2) is 30.3 Å². The molecule has 0 unspecified atom stereocenters. The highest BCUT2D eigenvalue weighted by Crippen LogP contribution is 2.40. The quantitative estimate of drug-likeness (QED) is 0.422. The summed E-state index contributed by atoms with van der Waals surface area (Å²) in [6.45, 7) is 3.55. The molecule has 0 atom stereocenters. The summed E-state index contributed by atoms with van der Waals surface area (Å²) < 4.78 is 57.5. The first-order valence-electron chi connectivity index (χ1n) is 11.9. The van der Waals surface area contributed by atoms with Gasteiger partial charge in [0, 0.05) is 30.6 Å². The van der Waals surface area contributed by atoms with E-state index < -0.39 is 17.5 Å². The van der Waals surface area contributed by atoms with Crippen LogP contribution in [0.25, 0.3) is 5.69 Å². The first-order chi connectivity index (χ1) is 17.5. The molecule has 0 amide bonds. The van der Waals surface area contributed by atoms with Gasteiger partial charge in [0.05, 0.1) is 12.2 Å². The van der Waals surface area contributed by atoms with Crippen molar-refractivity contribution in [3.8, 4) is 11.8 Å². The minimum absolute atomic E-state index is 0.000843. The minimum Gasteiger partial charge on any atom is -0.357 e. The number of nitrogens with zero attached hydrogens (tertiary/aromatic N) is 7. The highest BCUT2D eigenvalue weighted by molar-refractivity contribution is 6.30. The summed E-state index contributed by atoms with van der Waals surface area (Å²) in [7, 11) is 0. The maximum atomic E-state index is 14.0. The zero-order valence-electron chi connectivity index (χ0n) is 20.2. The number of benzene rings is 1. The summed E-state index contributed by atoms with van der Waals surface area (Å²) in [6, 6.07) is 9.77. The molecular weight excluding hydrogens is 510 g/mol. The summed E-state index contributed by atoms with van der Waals surface area (Å²) in [5.74, 6) is 0.999. The SMILES string of the molecule is CC(C)(N1Cc2cc(Cl)ccc2-n2c(nnc2C2CCN(c3ccc(F)c(C#N)n3)CC2)C1)C(F)(F)F. The first kappa shape index (κ1) is 25.4. The fourth-order valence-electron chi connectivity index (χ4n) is 4.92. The van der Waals surface area contributed by atoms with E-state index in [1.165, 1.54) is 24.8 Å². The molecule has 2 aliphatic heterocycles. The third-order valence-corrected chi connectivity index (χ3v) is 7.57. The van der Waals surface area contributed by atoms with E-state index in [0.29, 0.717) is 54.0 Å². The number of hydrogen-bond acceptors (Lipinski definition) is 6. The van der Waals surface area contributed by atoms with Crippen LogP contribution < -0.4 is 4.90 Å². The van der Waals surface area contributed by atoms with Gasteiger partial charge in [0.15, 0.2) is 17.3 Å². The lowest BCUT2D eigenvalue weighted by Gasteiger charge is -2.38. The topological polar surface area (TPSA) is 73.9 Å². The molecule has 4 heterocycles. The van der Waals surface area contributed by atoms with E-state index >= 15 is 0 Å². The third-order valence-electron chi connectivity index (χ3n) is 7.34. The van der Waals surface area contributed by atoms with Crippen molar-refractivity contribution in [3.05, 3.63) is 64.1 Å². The number of hydrogen-bond donors (Lipinski definition) is 0. The Hall–Kier alpha value is -3.23. The van der Waals surface area contributed by atoms with Crippen molar-refractivity contribution >= 4 is 17.4 Å². The number of nitriles is 1. The summed E-state index contributed by atoms with van der Waals surface area (Å²) in [4.78, 5) is 7.46. The minimum atomic E-state index is -4.45. The van der Waals surface area contributed by atoms with Gasteiger partial charge < -0.3 is 4.90 Å². The zero-order chi connectivity index (χ0) is 26.5. The molecular formula is C25H24ClF4N7. The lowest BCUT2D eigenvalue weighted by atomic mass is 9.95. The third kappa shape index (κ3) is 4.53. The van der Waals surface area contributed by atoms with Crippen LogP contribution in [0.1, 0.15) is 55.5 Å². The molecule has 0 aliphatic carbocycles. The molecule has 7 nitrogen and oxygen atoms in total. The maximum absolute atomic E-state index is 14.0. The van der Waals surface area contributed by atoms with Crippen LogP contribution in [0.5, 0.6) is 0 Å². The van der Waals surface area contributed by atoms with Gasteiger partial charge in [0.25, 0.3) is 0 Å². The van der Waals surface area contributed by atoms with Crippen LogP contribution >= 0.6 is 11.6 Å². The highest BCUT2D eigenvalue weighted by Gasteiger charge is 2.52. The summed E-state index contributed by atoms with van der Waals surface area (Å²) in [5, 5.41) is 18.3. The van der Waals surface area contributed by atoms with Crippen LogP contribution in [0.2, 0.25) is 5.02 Å². The Morgan fingerprint density at radius 1 is 1.05 bits per heavy atom. The maximum Gasteiger partial charge on any atom is 0.406 e. The van der Waals surface area contributed by atoms with Crippen LogP contribution in [0.4, 0.5) is 23.4 Å². The fraction of sp³-hybridized carbons (Fsp3) is 0.440. The predicted molar refractivity (Wildman–Crippen MR) is 129 cm³/mol. The number of pyridine rings is 1. The average molecular weight is 534 g/mol. The van der Waals surface area contributed by atoms with Crippen LogP contribution in [0, 0.1) is 17.1 Å². The van der Waals surface area contributed by atoms with Crippen molar-refractivity contribution in [2.75, 3.05) is 18.0 Å². The molecule has 0 radical (unpaired) electrons. The Kier molecular flexibility index (Phi) is 6.36. The number of piperidine rings is 1. The first-order valence-corrected chi connectivity index (χ1v) is 12.2. The van der Waals surface area contributed by atoms with Gasteiger partial charge in [-0.2, -0.15) is 18.4 Å². The molecule has 1 saturated heterocycles. The second-order valence-corrected chi connectivity index (χ2v) is 10.3. The fourth-order valence-corrected chi connectivity index (χ4v) is 5.11. The van der Waals surface area contributed by atoms with Crippen LogP contribution in [0.3, 0.4) is 0 Å². The summed E-state index contributed by atoms with van der Waals surface area (Å²) in [5.41, 5.74) is -0.948. The number of halogens is 5. The Morgan fingerprint density at radius 2 is 1.78 bits per heavy atom. The average Bonchev–Trinajstić information content (AvgIpc) is 3.19. The number of rotatable bonds is 3. The molecule has 12 heteroatoms. The van der Waals surface area contributed by atoms with Gasteiger partial charge in [-0.1, -0.05) is 11.6 Å². The zero-order valence-corrected chi connectivity index (χ0v) is 21.0. The van der Waals surface area contributed by atoms with Gasteiger partial charge in [-0.15, -0.1) is 10.2 Å². The highest BCUT2D eigenvalue weighted by atomic mass is 35.5. The van der Waals surface area contributed by atoms with Crippen molar-refractivity contribution in [2.45, 2.75) is 57.4 Å². The van der Waals surface area contributed by atoms with E-state index in [0.717, 1.165) is 5.69 Å². The van der Waals surface area contributed by atoms with Crippen molar-refractivity contribution in [2.24, 2.45) is 0 Å². The smallest absolute Gasteiger partial charge is 0.357 e. The predicted octanol–water partition coefficient (Wildman–Crippen LogP) is 5.37. The van der Waals surface area contributed by atoms with E-state index in [9.17, 15) is 17.6 Å². The number of alkyl halides is 3. The molecule has 3 aromatic rings. The van der Waals surface area contributed by atoms with E-state index in [1.807, 2.05) is 9.47 Å². The Balaban J connectivity index is 1.46. The van der Waals surface area contributed by atoms with Crippen LogP contribution in [-0.4, -0.2) is 49.5 Å². The molecule has 0 N–H and O–H groups in total. The molecule has 2 aromatic heterocycles. The van der Waals surface area contributed by atoms with Crippen molar-refractivity contribution in [3.63, 3.8) is 0 Å². The molecule has 5 rings (SSSR count). The standard InChI is InChI=1S/C25H24ClF4N7/c1-24(2,25(28,29)30)36-13-16-11-17(26)3-5-20(16)37-22(14-36)33-34-23(37)15-7-9-35(10-8-15)21-6-4-18(27)19(12-31)32-21/h3-6,11,15H,7-10,13-14H2,1-2H3. The molecule has 37 heavy (non-hydrogen) atoms. The summed E-state index contributed by atoms with van der Waals surface area (Å²) >= 11 is 6.24. The van der Waals surface area contributed by atoms with Crippen molar-refractivity contribution < 1.29 is 17.6 Å². The van der Waals surface area contributed by atoms with E-state index in [4.69, 9.17) is 16.9 Å². The molecule has 1 aromatic carbocycles. The van der Waals surface area contributed by atoms with E-state index in [-0.39, 0.29) is 24.7 Å². The normalized spacial score (nSPS) is 17.2. The van der Waals surface area contributed by atoms with Crippen molar-refractivity contribution in [1.82, 2.24) is 24.6 Å². The number of aromatic nitrogens is 4. The van der Waals surface area contributed by atoms with Crippen LogP contribution in [-0.2, 0) is 13.1 Å². The van der Waals surface area contributed by atoms with Gasteiger partial charge in [0.2, 0.25) is 0 Å². The monoisotopic (exact) mass is 533 g/mol. The number of anilines is 1. The van der Waals surface area contributed by atoms with Gasteiger partial charge in [-0.05, 0) is 62.6 Å². The Labute approximate surface area is 216 Å². The molecule has 0 bridgehead atoms.